The summed E-state index contributed by atoms with van der Waals surface area (Å²) in [4.78, 5) is 7.40. The lowest BCUT2D eigenvalue weighted by molar-refractivity contribution is 0.260. The Morgan fingerprint density at radius 3 is 2.81 bits per heavy atom. The molecule has 1 aliphatic carbocycles. The van der Waals surface area contributed by atoms with E-state index in [1.165, 1.54) is 30.9 Å². The maximum absolute atomic E-state index is 6.36. The van der Waals surface area contributed by atoms with Crippen LogP contribution in [0.1, 0.15) is 45.7 Å². The molecule has 1 aromatic heterocycles. The van der Waals surface area contributed by atoms with Crippen molar-refractivity contribution >= 4 is 5.95 Å². The average Bonchev–Trinajstić information content (AvgIpc) is 3.02. The number of anilines is 1. The summed E-state index contributed by atoms with van der Waals surface area (Å²) >= 11 is 0. The highest BCUT2D eigenvalue weighted by atomic mass is 15.3. The van der Waals surface area contributed by atoms with Gasteiger partial charge in [0.1, 0.15) is 0 Å². The Morgan fingerprint density at radius 1 is 1.33 bits per heavy atom. The molecule has 4 nitrogen and oxygen atoms in total. The molecule has 1 saturated heterocycles. The molecule has 118 valence electrons. The summed E-state index contributed by atoms with van der Waals surface area (Å²) in [5, 5.41) is 0. The van der Waals surface area contributed by atoms with Gasteiger partial charge < -0.3 is 15.2 Å². The van der Waals surface area contributed by atoms with Gasteiger partial charge in [-0.15, -0.1) is 0 Å². The number of rotatable bonds is 4. The molecule has 2 aliphatic rings. The lowest BCUT2D eigenvalue weighted by atomic mass is 9.78. The van der Waals surface area contributed by atoms with Crippen LogP contribution in [0.4, 0.5) is 5.95 Å². The first-order valence-corrected chi connectivity index (χ1v) is 8.65. The topological polar surface area (TPSA) is 47.1 Å². The fourth-order valence-corrected chi connectivity index (χ4v) is 4.09. The highest BCUT2D eigenvalue weighted by molar-refractivity contribution is 5.36. The van der Waals surface area contributed by atoms with Gasteiger partial charge in [0.05, 0.1) is 5.69 Å². The van der Waals surface area contributed by atoms with Crippen LogP contribution in [0.3, 0.4) is 0 Å². The summed E-state index contributed by atoms with van der Waals surface area (Å²) < 4.78 is 2.37. The van der Waals surface area contributed by atoms with Gasteiger partial charge in [-0.1, -0.05) is 27.2 Å². The minimum atomic E-state index is 0.396. The average molecular weight is 290 g/mol. The van der Waals surface area contributed by atoms with Crippen LogP contribution in [0.15, 0.2) is 6.20 Å². The van der Waals surface area contributed by atoms with Gasteiger partial charge in [0.25, 0.3) is 0 Å². The molecule has 0 spiro atoms. The van der Waals surface area contributed by atoms with E-state index in [2.05, 4.69) is 36.4 Å². The molecule has 3 rings (SSSR count). The highest BCUT2D eigenvalue weighted by Gasteiger charge is 2.40. The maximum atomic E-state index is 6.36. The Hall–Kier alpha value is -1.03. The van der Waals surface area contributed by atoms with Gasteiger partial charge in [-0.2, -0.15) is 0 Å². The minimum absolute atomic E-state index is 0.396. The molecule has 0 amide bonds. The fourth-order valence-electron chi connectivity index (χ4n) is 4.09. The molecule has 2 fully saturated rings. The number of hydrogen-bond acceptors (Lipinski definition) is 3. The van der Waals surface area contributed by atoms with E-state index < -0.39 is 0 Å². The van der Waals surface area contributed by atoms with Gasteiger partial charge in [0, 0.05) is 31.9 Å². The van der Waals surface area contributed by atoms with E-state index in [1.807, 2.05) is 0 Å². The smallest absolute Gasteiger partial charge is 0.205 e. The van der Waals surface area contributed by atoms with Crippen molar-refractivity contribution in [2.75, 3.05) is 18.0 Å². The lowest BCUT2D eigenvalue weighted by Crippen LogP contribution is -2.38. The van der Waals surface area contributed by atoms with Crippen LogP contribution in [0, 0.1) is 17.8 Å². The minimum Gasteiger partial charge on any atom is -0.342 e. The van der Waals surface area contributed by atoms with E-state index in [0.29, 0.717) is 17.9 Å². The molecule has 1 aliphatic heterocycles. The van der Waals surface area contributed by atoms with Crippen molar-refractivity contribution in [1.29, 1.82) is 0 Å². The lowest BCUT2D eigenvalue weighted by Gasteiger charge is -2.29. The van der Waals surface area contributed by atoms with Crippen LogP contribution < -0.4 is 10.6 Å². The van der Waals surface area contributed by atoms with Crippen LogP contribution in [0.5, 0.6) is 0 Å². The highest BCUT2D eigenvalue weighted by Crippen LogP contribution is 2.37. The molecule has 0 aromatic carbocycles. The standard InChI is InChI=1S/C17H30N4/c1-4-14-10-20(8-12(2)3)17(19-14)21-9-13-6-5-7-16(18)15(13)11-21/h10,12-13,15-16H,4-9,11,18H2,1-3H3. The molecule has 2 N–H and O–H groups in total. The van der Waals surface area contributed by atoms with Gasteiger partial charge >= 0.3 is 0 Å². The first kappa shape index (κ1) is 14.9. The Kier molecular flexibility index (Phi) is 4.25. The molecule has 0 radical (unpaired) electrons. The van der Waals surface area contributed by atoms with Gasteiger partial charge in [-0.3, -0.25) is 0 Å². The van der Waals surface area contributed by atoms with E-state index >= 15 is 0 Å². The Morgan fingerprint density at radius 2 is 2.14 bits per heavy atom. The largest absolute Gasteiger partial charge is 0.342 e. The Balaban J connectivity index is 1.81. The molecule has 1 aromatic rings. The predicted molar refractivity (Wildman–Crippen MR) is 87.5 cm³/mol. The molecule has 0 bridgehead atoms. The Labute approximate surface area is 128 Å². The van der Waals surface area contributed by atoms with Gasteiger partial charge in [-0.25, -0.2) is 4.98 Å². The number of aryl methyl sites for hydroxylation is 1. The van der Waals surface area contributed by atoms with Crippen LogP contribution in [0.2, 0.25) is 0 Å². The molecule has 3 unspecified atom stereocenters. The number of aromatic nitrogens is 2. The third kappa shape index (κ3) is 2.96. The van der Waals surface area contributed by atoms with Gasteiger partial charge in [-0.05, 0) is 37.0 Å². The Bertz CT molecular complexity index is 479. The second-order valence-electron chi connectivity index (χ2n) is 7.36. The van der Waals surface area contributed by atoms with Crippen molar-refractivity contribution in [3.8, 4) is 0 Å². The summed E-state index contributed by atoms with van der Waals surface area (Å²) in [5.41, 5.74) is 7.57. The summed E-state index contributed by atoms with van der Waals surface area (Å²) in [5.74, 6) is 3.29. The third-order valence-corrected chi connectivity index (χ3v) is 5.17. The SMILES string of the molecule is CCc1cn(CC(C)C)c(N2CC3CCCC(N)C3C2)n1. The van der Waals surface area contributed by atoms with Crippen molar-refractivity contribution < 1.29 is 0 Å². The van der Waals surface area contributed by atoms with Crippen molar-refractivity contribution in [2.24, 2.45) is 23.5 Å². The molecular formula is C17H30N4. The fraction of sp³-hybridized carbons (Fsp3) is 0.824. The van der Waals surface area contributed by atoms with Crippen molar-refractivity contribution in [3.05, 3.63) is 11.9 Å². The first-order chi connectivity index (χ1) is 10.1. The zero-order chi connectivity index (χ0) is 15.0. The van der Waals surface area contributed by atoms with Crippen LogP contribution in [-0.2, 0) is 13.0 Å². The third-order valence-electron chi connectivity index (χ3n) is 5.17. The summed E-state index contributed by atoms with van der Waals surface area (Å²) in [6.07, 6.45) is 7.11. The molecule has 4 heteroatoms. The monoisotopic (exact) mass is 290 g/mol. The normalized spacial score (nSPS) is 29.2. The molecule has 21 heavy (non-hydrogen) atoms. The first-order valence-electron chi connectivity index (χ1n) is 8.65. The quantitative estimate of drug-likeness (QED) is 0.927. The zero-order valence-electron chi connectivity index (χ0n) is 13.8. The van der Waals surface area contributed by atoms with Gasteiger partial charge in [0.15, 0.2) is 0 Å². The zero-order valence-corrected chi connectivity index (χ0v) is 13.8. The van der Waals surface area contributed by atoms with E-state index in [4.69, 9.17) is 10.7 Å². The molecular weight excluding hydrogens is 260 g/mol. The van der Waals surface area contributed by atoms with Crippen LogP contribution >= 0.6 is 0 Å². The van der Waals surface area contributed by atoms with Crippen LogP contribution in [0.25, 0.3) is 0 Å². The predicted octanol–water partition coefficient (Wildman–Crippen LogP) is 2.67. The molecule has 1 saturated carbocycles. The summed E-state index contributed by atoms with van der Waals surface area (Å²) in [7, 11) is 0. The van der Waals surface area contributed by atoms with E-state index in [0.717, 1.165) is 32.0 Å². The number of imidazole rings is 1. The number of nitrogens with zero attached hydrogens (tertiary/aromatic N) is 3. The van der Waals surface area contributed by atoms with E-state index in [1.54, 1.807) is 0 Å². The maximum Gasteiger partial charge on any atom is 0.205 e. The second-order valence-corrected chi connectivity index (χ2v) is 7.36. The van der Waals surface area contributed by atoms with E-state index in [-0.39, 0.29) is 0 Å². The summed E-state index contributed by atoms with van der Waals surface area (Å²) in [6.45, 7) is 10.0. The molecule has 3 atom stereocenters. The number of fused-ring (bicyclic) bond motifs is 1. The van der Waals surface area contributed by atoms with Crippen molar-refractivity contribution in [2.45, 2.75) is 59.0 Å². The number of nitrogens with two attached hydrogens (primary N) is 1. The van der Waals surface area contributed by atoms with E-state index in [9.17, 15) is 0 Å². The van der Waals surface area contributed by atoms with Gasteiger partial charge in [0.2, 0.25) is 5.95 Å². The number of hydrogen-bond donors (Lipinski definition) is 1. The van der Waals surface area contributed by atoms with Crippen molar-refractivity contribution in [3.63, 3.8) is 0 Å². The summed E-state index contributed by atoms with van der Waals surface area (Å²) in [6, 6.07) is 0.396. The second kappa shape index (κ2) is 5.99. The molecule has 2 heterocycles. The van der Waals surface area contributed by atoms with Crippen molar-refractivity contribution in [1.82, 2.24) is 9.55 Å². The van der Waals surface area contributed by atoms with Crippen LogP contribution in [-0.4, -0.2) is 28.7 Å².